The fraction of sp³-hybridized carbons (Fsp3) is 0.0172. The van der Waals surface area contributed by atoms with Crippen LogP contribution in [-0.2, 0) is 0 Å². The van der Waals surface area contributed by atoms with Crippen molar-refractivity contribution in [2.24, 2.45) is 0 Å². The molecule has 284 valence electrons. The second kappa shape index (κ2) is 14.4. The molecule has 1 heterocycles. The van der Waals surface area contributed by atoms with Crippen LogP contribution in [0.25, 0.3) is 123 Å². The van der Waals surface area contributed by atoms with Gasteiger partial charge in [-0.1, -0.05) is 200 Å². The van der Waals surface area contributed by atoms with E-state index in [0.717, 1.165) is 61.7 Å². The van der Waals surface area contributed by atoms with Crippen molar-refractivity contribution in [1.29, 1.82) is 0 Å². The van der Waals surface area contributed by atoms with Crippen LogP contribution in [0.3, 0.4) is 0 Å². The highest BCUT2D eigenvalue weighted by atomic mass is 15.0. The molecule has 0 spiro atoms. The molecular weight excluding hydrogens is 739 g/mol. The average molecular weight is 776 g/mol. The fourth-order valence-electron chi connectivity index (χ4n) is 9.25. The molecule has 12 rings (SSSR count). The van der Waals surface area contributed by atoms with E-state index in [9.17, 15) is 0 Å². The highest BCUT2D eigenvalue weighted by Gasteiger charge is 2.21. The Hall–Kier alpha value is -8.01. The summed E-state index contributed by atoms with van der Waals surface area (Å²) in [5, 5.41) is 10.1. The van der Waals surface area contributed by atoms with Gasteiger partial charge in [0.1, 0.15) is 0 Å². The molecule has 0 fully saturated rings. The molecule has 0 saturated carbocycles. The van der Waals surface area contributed by atoms with Crippen LogP contribution in [-0.4, -0.2) is 15.0 Å². The first kappa shape index (κ1) is 35.0. The Morgan fingerprint density at radius 1 is 0.328 bits per heavy atom. The lowest BCUT2D eigenvalue weighted by Crippen LogP contribution is -2.03. The summed E-state index contributed by atoms with van der Waals surface area (Å²) in [6.45, 7) is 0. The quantitative estimate of drug-likeness (QED) is 0.158. The van der Waals surface area contributed by atoms with Gasteiger partial charge in [0, 0.05) is 16.7 Å². The number of benzene rings is 10. The van der Waals surface area contributed by atoms with Gasteiger partial charge >= 0.3 is 0 Å². The van der Waals surface area contributed by atoms with Gasteiger partial charge in [0.05, 0.1) is 0 Å². The summed E-state index contributed by atoms with van der Waals surface area (Å²) in [6, 6.07) is 67.5. The number of hydrogen-bond donors (Lipinski definition) is 0. The lowest BCUT2D eigenvalue weighted by Gasteiger charge is -2.17. The molecule has 0 amide bonds. The molecule has 0 atom stereocenters. The molecule has 0 bridgehead atoms. The second-order valence-electron chi connectivity index (χ2n) is 15.9. The summed E-state index contributed by atoms with van der Waals surface area (Å²) in [7, 11) is 0. The highest BCUT2D eigenvalue weighted by Crippen LogP contribution is 2.42. The number of aromatic nitrogens is 3. The molecule has 0 unspecified atom stereocenters. The van der Waals surface area contributed by atoms with Crippen LogP contribution in [0, 0.1) is 0 Å². The largest absolute Gasteiger partial charge is 0.208 e. The molecule has 1 aliphatic rings. The van der Waals surface area contributed by atoms with Gasteiger partial charge in [0.15, 0.2) is 17.5 Å². The minimum Gasteiger partial charge on any atom is -0.208 e. The lowest BCUT2D eigenvalue weighted by molar-refractivity contribution is 1.07. The Morgan fingerprint density at radius 3 is 1.64 bits per heavy atom. The van der Waals surface area contributed by atoms with Gasteiger partial charge in [-0.25, -0.2) is 15.0 Å². The predicted octanol–water partition coefficient (Wildman–Crippen LogP) is 15.4. The standard InChI is InChI=1S/C58H37N3/c1-4-11-37(12-5-1)38-19-23-44(24-20-38)56-59-57(61-58(60-56)55-50-18-9-3-8-15-40(50)29-33-51(55)39-13-6-2-7-14-39)48-28-26-45-35-47(27-25-46(45)36-48)49-32-30-43-22-21-41-16-10-17-42-31-34-52(49)54(43)53(41)42/h1-2,4-36H,3H2. The molecular formula is C58H37N3. The monoisotopic (exact) mass is 775 g/mol. The highest BCUT2D eigenvalue weighted by molar-refractivity contribution is 6.25. The molecule has 10 aromatic carbocycles. The van der Waals surface area contributed by atoms with E-state index in [1.807, 2.05) is 6.07 Å². The number of rotatable bonds is 6. The molecule has 1 aromatic heterocycles. The Balaban J connectivity index is 1.01. The number of hydrogen-bond acceptors (Lipinski definition) is 3. The first-order valence-corrected chi connectivity index (χ1v) is 20.9. The van der Waals surface area contributed by atoms with E-state index in [1.54, 1.807) is 0 Å². The third-order valence-corrected chi connectivity index (χ3v) is 12.3. The zero-order valence-corrected chi connectivity index (χ0v) is 33.3. The molecule has 3 heteroatoms. The number of nitrogens with zero attached hydrogens (tertiary/aromatic N) is 3. The van der Waals surface area contributed by atoms with Crippen molar-refractivity contribution in [3.8, 4) is 67.5 Å². The fourth-order valence-corrected chi connectivity index (χ4v) is 9.25. The summed E-state index contributed by atoms with van der Waals surface area (Å²) in [6.07, 6.45) is 9.72. The van der Waals surface area contributed by atoms with Crippen molar-refractivity contribution in [3.05, 3.63) is 211 Å². The maximum absolute atomic E-state index is 5.36. The van der Waals surface area contributed by atoms with Gasteiger partial charge < -0.3 is 0 Å². The van der Waals surface area contributed by atoms with Gasteiger partial charge in [-0.2, -0.15) is 0 Å². The lowest BCUT2D eigenvalue weighted by atomic mass is 9.89. The Labute approximate surface area is 354 Å². The van der Waals surface area contributed by atoms with E-state index in [-0.39, 0.29) is 0 Å². The summed E-state index contributed by atoms with van der Waals surface area (Å²) in [5.41, 5.74) is 12.1. The number of fused-ring (bicyclic) bond motifs is 2. The summed E-state index contributed by atoms with van der Waals surface area (Å²) in [4.78, 5) is 15.9. The normalized spacial score (nSPS) is 12.4. The van der Waals surface area contributed by atoms with Gasteiger partial charge in [-0.15, -0.1) is 0 Å². The van der Waals surface area contributed by atoms with E-state index < -0.39 is 0 Å². The van der Waals surface area contributed by atoms with Crippen LogP contribution in [0.1, 0.15) is 17.5 Å². The van der Waals surface area contributed by atoms with Crippen LogP contribution < -0.4 is 0 Å². The van der Waals surface area contributed by atoms with Crippen LogP contribution in [0.15, 0.2) is 200 Å². The topological polar surface area (TPSA) is 38.7 Å². The zero-order chi connectivity index (χ0) is 40.3. The predicted molar refractivity (Wildman–Crippen MR) is 256 cm³/mol. The second-order valence-corrected chi connectivity index (χ2v) is 15.9. The van der Waals surface area contributed by atoms with Crippen molar-refractivity contribution < 1.29 is 0 Å². The molecule has 0 aliphatic heterocycles. The van der Waals surface area contributed by atoms with Crippen LogP contribution >= 0.6 is 0 Å². The zero-order valence-electron chi connectivity index (χ0n) is 33.3. The van der Waals surface area contributed by atoms with Crippen molar-refractivity contribution in [2.75, 3.05) is 0 Å². The van der Waals surface area contributed by atoms with Crippen molar-refractivity contribution in [3.63, 3.8) is 0 Å². The minimum atomic E-state index is 0.633. The molecule has 0 radical (unpaired) electrons. The van der Waals surface area contributed by atoms with E-state index in [2.05, 4.69) is 206 Å². The number of allylic oxidation sites excluding steroid dienone is 2. The van der Waals surface area contributed by atoms with E-state index in [1.165, 1.54) is 49.0 Å². The first-order valence-electron chi connectivity index (χ1n) is 20.9. The van der Waals surface area contributed by atoms with Crippen LogP contribution in [0.5, 0.6) is 0 Å². The molecule has 0 N–H and O–H groups in total. The first-order chi connectivity index (χ1) is 30.2. The maximum Gasteiger partial charge on any atom is 0.165 e. The Bertz CT molecular complexity index is 3510. The van der Waals surface area contributed by atoms with Crippen LogP contribution in [0.2, 0.25) is 0 Å². The van der Waals surface area contributed by atoms with Gasteiger partial charge in [-0.05, 0) is 106 Å². The van der Waals surface area contributed by atoms with Crippen molar-refractivity contribution in [2.45, 2.75) is 6.42 Å². The summed E-state index contributed by atoms with van der Waals surface area (Å²) < 4.78 is 0. The van der Waals surface area contributed by atoms with E-state index in [4.69, 9.17) is 15.0 Å². The minimum absolute atomic E-state index is 0.633. The SMILES string of the molecule is C1=Cc2ccc(-c3ccccc3)c(-c3nc(-c4ccc(-c5ccccc5)cc4)nc(-c4ccc5cc(-c6ccc7ccc8cccc9ccc6c7c89)ccc5c4)n3)c2C=CC1. The van der Waals surface area contributed by atoms with E-state index >= 15 is 0 Å². The summed E-state index contributed by atoms with van der Waals surface area (Å²) >= 11 is 0. The van der Waals surface area contributed by atoms with Gasteiger partial charge in [0.2, 0.25) is 0 Å². The average Bonchev–Trinajstić information content (AvgIpc) is 3.59. The van der Waals surface area contributed by atoms with E-state index in [0.29, 0.717) is 17.5 Å². The third-order valence-electron chi connectivity index (χ3n) is 12.3. The summed E-state index contributed by atoms with van der Waals surface area (Å²) in [5.74, 6) is 1.91. The van der Waals surface area contributed by atoms with Gasteiger partial charge in [0.25, 0.3) is 0 Å². The smallest absolute Gasteiger partial charge is 0.165 e. The molecule has 0 saturated heterocycles. The van der Waals surface area contributed by atoms with Crippen molar-refractivity contribution >= 4 is 55.2 Å². The molecule has 61 heavy (non-hydrogen) atoms. The van der Waals surface area contributed by atoms with Gasteiger partial charge in [-0.3, -0.25) is 0 Å². The molecule has 3 nitrogen and oxygen atoms in total. The Morgan fingerprint density at radius 2 is 0.869 bits per heavy atom. The Kier molecular flexibility index (Phi) is 8.24. The molecule has 1 aliphatic carbocycles. The molecule has 11 aromatic rings. The maximum atomic E-state index is 5.36. The third kappa shape index (κ3) is 6.10. The van der Waals surface area contributed by atoms with Crippen LogP contribution in [0.4, 0.5) is 0 Å². The van der Waals surface area contributed by atoms with Crippen molar-refractivity contribution in [1.82, 2.24) is 15.0 Å².